The number of furan rings is 1. The lowest BCUT2D eigenvalue weighted by molar-refractivity contribution is 0.0908. The SMILES string of the molecule is O=C(NCC(c1ccco1)N1CCCCC1)c1nn(-c2ccccc2)c2c1CCC2. The van der Waals surface area contributed by atoms with Crippen LogP contribution < -0.4 is 5.32 Å². The molecule has 1 fully saturated rings. The van der Waals surface area contributed by atoms with Gasteiger partial charge in [0.25, 0.3) is 5.91 Å². The molecule has 2 aromatic heterocycles. The van der Waals surface area contributed by atoms with E-state index in [1.165, 1.54) is 25.0 Å². The van der Waals surface area contributed by atoms with Crippen LogP contribution in [0.25, 0.3) is 5.69 Å². The first-order chi connectivity index (χ1) is 14.8. The van der Waals surface area contributed by atoms with Crippen LogP contribution in [0, 0.1) is 0 Å². The molecule has 0 saturated carbocycles. The number of carbonyl (C=O) groups is 1. The Labute approximate surface area is 176 Å². The minimum atomic E-state index is -0.0867. The molecule has 30 heavy (non-hydrogen) atoms. The zero-order chi connectivity index (χ0) is 20.3. The number of hydrogen-bond acceptors (Lipinski definition) is 4. The van der Waals surface area contributed by atoms with Gasteiger partial charge in [0.15, 0.2) is 5.69 Å². The highest BCUT2D eigenvalue weighted by atomic mass is 16.3. The Balaban J connectivity index is 1.36. The monoisotopic (exact) mass is 404 g/mol. The molecule has 0 bridgehead atoms. The molecule has 0 radical (unpaired) electrons. The van der Waals surface area contributed by atoms with Crippen molar-refractivity contribution in [1.82, 2.24) is 20.0 Å². The normalized spacial score (nSPS) is 17.6. The Morgan fingerprint density at radius 3 is 2.63 bits per heavy atom. The smallest absolute Gasteiger partial charge is 0.272 e. The summed E-state index contributed by atoms with van der Waals surface area (Å²) in [5.74, 6) is 0.827. The third-order valence-electron chi connectivity index (χ3n) is 6.31. The third kappa shape index (κ3) is 3.67. The first-order valence-corrected chi connectivity index (χ1v) is 11.0. The van der Waals surface area contributed by atoms with Crippen molar-refractivity contribution in [2.24, 2.45) is 0 Å². The van der Waals surface area contributed by atoms with E-state index in [0.29, 0.717) is 12.2 Å². The summed E-state index contributed by atoms with van der Waals surface area (Å²) in [6, 6.07) is 14.1. The molecular formula is C24H28N4O2. The summed E-state index contributed by atoms with van der Waals surface area (Å²) < 4.78 is 7.66. The van der Waals surface area contributed by atoms with E-state index >= 15 is 0 Å². The minimum absolute atomic E-state index is 0.0634. The van der Waals surface area contributed by atoms with Crippen molar-refractivity contribution < 1.29 is 9.21 Å². The second kappa shape index (κ2) is 8.48. The van der Waals surface area contributed by atoms with Gasteiger partial charge < -0.3 is 9.73 Å². The lowest BCUT2D eigenvalue weighted by atomic mass is 10.1. The largest absolute Gasteiger partial charge is 0.468 e. The molecule has 5 rings (SSSR count). The first kappa shape index (κ1) is 19.1. The number of likely N-dealkylation sites (tertiary alicyclic amines) is 1. The van der Waals surface area contributed by atoms with E-state index in [-0.39, 0.29) is 11.9 Å². The van der Waals surface area contributed by atoms with Crippen molar-refractivity contribution in [3.63, 3.8) is 0 Å². The Morgan fingerprint density at radius 2 is 1.87 bits per heavy atom. The Hall–Kier alpha value is -2.86. The van der Waals surface area contributed by atoms with E-state index < -0.39 is 0 Å². The predicted molar refractivity (Wildman–Crippen MR) is 115 cm³/mol. The number of fused-ring (bicyclic) bond motifs is 1. The molecule has 6 heteroatoms. The molecule has 1 aliphatic carbocycles. The number of carbonyl (C=O) groups excluding carboxylic acids is 1. The van der Waals surface area contributed by atoms with Gasteiger partial charge in [0.1, 0.15) is 5.76 Å². The molecule has 3 aromatic rings. The van der Waals surface area contributed by atoms with Crippen LogP contribution in [0.5, 0.6) is 0 Å². The molecule has 1 aromatic carbocycles. The number of hydrogen-bond donors (Lipinski definition) is 1. The van der Waals surface area contributed by atoms with Crippen LogP contribution >= 0.6 is 0 Å². The molecule has 1 aliphatic heterocycles. The van der Waals surface area contributed by atoms with E-state index in [0.717, 1.165) is 49.4 Å². The fraction of sp³-hybridized carbons (Fsp3) is 0.417. The molecule has 0 spiro atoms. The van der Waals surface area contributed by atoms with Crippen LogP contribution in [0.2, 0.25) is 0 Å². The van der Waals surface area contributed by atoms with Gasteiger partial charge in [-0.25, -0.2) is 4.68 Å². The van der Waals surface area contributed by atoms with Gasteiger partial charge in [-0.15, -0.1) is 0 Å². The van der Waals surface area contributed by atoms with Crippen LogP contribution in [-0.4, -0.2) is 40.2 Å². The van der Waals surface area contributed by atoms with Gasteiger partial charge in [0, 0.05) is 17.8 Å². The van der Waals surface area contributed by atoms with Gasteiger partial charge in [-0.3, -0.25) is 9.69 Å². The highest BCUT2D eigenvalue weighted by molar-refractivity contribution is 5.94. The van der Waals surface area contributed by atoms with Crippen molar-refractivity contribution in [3.05, 3.63) is 71.4 Å². The van der Waals surface area contributed by atoms with Crippen molar-refractivity contribution in [2.75, 3.05) is 19.6 Å². The lowest BCUT2D eigenvalue weighted by Crippen LogP contribution is -2.40. The molecule has 6 nitrogen and oxygen atoms in total. The summed E-state index contributed by atoms with van der Waals surface area (Å²) in [5, 5.41) is 7.89. The fourth-order valence-electron chi connectivity index (χ4n) is 4.80. The van der Waals surface area contributed by atoms with Crippen LogP contribution in [0.3, 0.4) is 0 Å². The fourth-order valence-corrected chi connectivity index (χ4v) is 4.80. The first-order valence-electron chi connectivity index (χ1n) is 11.0. The summed E-state index contributed by atoms with van der Waals surface area (Å²) in [5.41, 5.74) is 3.86. The molecule has 1 amide bonds. The predicted octanol–water partition coefficient (Wildman–Crippen LogP) is 3.91. The zero-order valence-corrected chi connectivity index (χ0v) is 17.2. The summed E-state index contributed by atoms with van der Waals surface area (Å²) in [6.07, 6.45) is 8.33. The van der Waals surface area contributed by atoms with E-state index in [1.54, 1.807) is 6.26 Å². The van der Waals surface area contributed by atoms with Crippen LogP contribution in [0.1, 0.15) is 59.2 Å². The maximum atomic E-state index is 13.2. The quantitative estimate of drug-likeness (QED) is 0.677. The van der Waals surface area contributed by atoms with Crippen LogP contribution in [0.4, 0.5) is 0 Å². The van der Waals surface area contributed by atoms with Gasteiger partial charge in [-0.05, 0) is 69.5 Å². The van der Waals surface area contributed by atoms with E-state index in [9.17, 15) is 4.79 Å². The Kier molecular flexibility index (Phi) is 5.41. The lowest BCUT2D eigenvalue weighted by Gasteiger charge is -2.33. The average molecular weight is 405 g/mol. The number of para-hydroxylation sites is 1. The van der Waals surface area contributed by atoms with Crippen molar-refractivity contribution >= 4 is 5.91 Å². The maximum absolute atomic E-state index is 13.2. The average Bonchev–Trinajstić information content (AvgIpc) is 3.54. The summed E-state index contributed by atoms with van der Waals surface area (Å²) in [6.45, 7) is 2.61. The maximum Gasteiger partial charge on any atom is 0.272 e. The van der Waals surface area contributed by atoms with Gasteiger partial charge in [0.2, 0.25) is 0 Å². The van der Waals surface area contributed by atoms with Crippen LogP contribution in [-0.2, 0) is 12.8 Å². The van der Waals surface area contributed by atoms with Gasteiger partial charge >= 0.3 is 0 Å². The molecule has 1 saturated heterocycles. The molecule has 3 heterocycles. The van der Waals surface area contributed by atoms with Crippen molar-refractivity contribution in [2.45, 2.75) is 44.6 Å². The molecule has 156 valence electrons. The standard InChI is InChI=1S/C24H28N4O2/c29-24(25-17-21(22-13-8-16-30-22)27-14-5-2-6-15-27)23-19-11-7-12-20(19)28(26-23)18-9-3-1-4-10-18/h1,3-4,8-10,13,16,21H,2,5-7,11-12,14-15,17H2,(H,25,29). The van der Waals surface area contributed by atoms with Gasteiger partial charge in [0.05, 0.1) is 18.0 Å². The topological polar surface area (TPSA) is 63.3 Å². The van der Waals surface area contributed by atoms with Crippen molar-refractivity contribution in [1.29, 1.82) is 0 Å². The number of piperidine rings is 1. The third-order valence-corrected chi connectivity index (χ3v) is 6.31. The van der Waals surface area contributed by atoms with E-state index in [1.807, 2.05) is 47.1 Å². The number of rotatable bonds is 6. The molecule has 1 unspecified atom stereocenters. The summed E-state index contributed by atoms with van der Waals surface area (Å²) in [4.78, 5) is 15.6. The van der Waals surface area contributed by atoms with E-state index in [4.69, 9.17) is 9.52 Å². The number of aromatic nitrogens is 2. The van der Waals surface area contributed by atoms with E-state index in [2.05, 4.69) is 10.2 Å². The molecule has 1 N–H and O–H groups in total. The van der Waals surface area contributed by atoms with Gasteiger partial charge in [-0.1, -0.05) is 24.6 Å². The second-order valence-corrected chi connectivity index (χ2v) is 8.21. The number of nitrogens with one attached hydrogen (secondary N) is 1. The molecule has 2 aliphatic rings. The summed E-state index contributed by atoms with van der Waals surface area (Å²) >= 11 is 0. The number of benzene rings is 1. The number of amides is 1. The van der Waals surface area contributed by atoms with Crippen LogP contribution in [0.15, 0.2) is 53.1 Å². The Bertz CT molecular complexity index is 988. The summed E-state index contributed by atoms with van der Waals surface area (Å²) in [7, 11) is 0. The second-order valence-electron chi connectivity index (χ2n) is 8.21. The minimum Gasteiger partial charge on any atom is -0.468 e. The highest BCUT2D eigenvalue weighted by Crippen LogP contribution is 2.28. The van der Waals surface area contributed by atoms with Crippen molar-refractivity contribution in [3.8, 4) is 5.69 Å². The zero-order valence-electron chi connectivity index (χ0n) is 17.2. The van der Waals surface area contributed by atoms with Gasteiger partial charge in [-0.2, -0.15) is 5.10 Å². The molecule has 1 atom stereocenters. The molecular weight excluding hydrogens is 376 g/mol. The Morgan fingerprint density at radius 1 is 1.03 bits per heavy atom. The number of nitrogens with zero attached hydrogens (tertiary/aromatic N) is 3. The highest BCUT2D eigenvalue weighted by Gasteiger charge is 2.29.